The zero-order valence-electron chi connectivity index (χ0n) is 16.3. The predicted octanol–water partition coefficient (Wildman–Crippen LogP) is 3.92. The summed E-state index contributed by atoms with van der Waals surface area (Å²) >= 11 is 1.76. The summed E-state index contributed by atoms with van der Waals surface area (Å²) < 4.78 is 0. The van der Waals surface area contributed by atoms with Gasteiger partial charge in [0.15, 0.2) is 5.75 Å². The number of rotatable bonds is 5. The van der Waals surface area contributed by atoms with Crippen LogP contribution in [0.4, 0.5) is 5.69 Å². The first kappa shape index (κ1) is 19.8. The third kappa shape index (κ3) is 4.85. The number of piperazine rings is 1. The van der Waals surface area contributed by atoms with Crippen molar-refractivity contribution in [1.29, 1.82) is 0 Å². The Balaban J connectivity index is 1.68. The third-order valence-electron chi connectivity index (χ3n) is 5.16. The topological polar surface area (TPSA) is 43.8 Å². The normalized spacial score (nSPS) is 15.3. The summed E-state index contributed by atoms with van der Waals surface area (Å²) in [5.74, 6) is 0.148. The number of hydrogen-bond donors (Lipinski definition) is 1. The predicted molar refractivity (Wildman–Crippen MR) is 114 cm³/mol. The summed E-state index contributed by atoms with van der Waals surface area (Å²) in [6, 6.07) is 14.1. The molecule has 2 aromatic rings. The number of anilines is 1. The fourth-order valence-corrected chi connectivity index (χ4v) is 3.85. The Morgan fingerprint density at radius 2 is 1.81 bits per heavy atom. The van der Waals surface area contributed by atoms with Crippen LogP contribution in [-0.2, 0) is 6.54 Å². The molecule has 4 nitrogen and oxygen atoms in total. The maximum atomic E-state index is 12.2. The van der Waals surface area contributed by atoms with E-state index < -0.39 is 0 Å². The minimum Gasteiger partial charge on any atom is -0.504 e. The lowest BCUT2D eigenvalue weighted by molar-refractivity contribution is 0.246. The van der Waals surface area contributed by atoms with Crippen molar-refractivity contribution in [2.75, 3.05) is 37.3 Å². The maximum absolute atomic E-state index is 12.2. The van der Waals surface area contributed by atoms with Crippen molar-refractivity contribution < 1.29 is 5.11 Å². The molecule has 1 heterocycles. The number of hydrogen-bond acceptors (Lipinski definition) is 5. The van der Waals surface area contributed by atoms with E-state index in [1.54, 1.807) is 17.8 Å². The molecule has 0 aromatic heterocycles. The molecule has 1 N–H and O–H groups in total. The minimum atomic E-state index is -0.286. The van der Waals surface area contributed by atoms with Crippen molar-refractivity contribution in [1.82, 2.24) is 4.90 Å². The number of aromatic hydroxyl groups is 1. The molecular weight excluding hydrogens is 356 g/mol. The minimum absolute atomic E-state index is 0.114. The molecule has 2 aromatic carbocycles. The van der Waals surface area contributed by atoms with Gasteiger partial charge >= 0.3 is 0 Å². The van der Waals surface area contributed by atoms with Gasteiger partial charge in [0, 0.05) is 48.9 Å². The summed E-state index contributed by atoms with van der Waals surface area (Å²) in [5.41, 5.74) is 2.65. The molecule has 27 heavy (non-hydrogen) atoms. The zero-order valence-corrected chi connectivity index (χ0v) is 17.1. The molecule has 1 saturated heterocycles. The highest BCUT2D eigenvalue weighted by Crippen LogP contribution is 2.24. The van der Waals surface area contributed by atoms with E-state index in [0.717, 1.165) is 31.7 Å². The van der Waals surface area contributed by atoms with Crippen LogP contribution in [0.2, 0.25) is 0 Å². The van der Waals surface area contributed by atoms with Gasteiger partial charge in [0.1, 0.15) is 0 Å². The van der Waals surface area contributed by atoms with Crippen LogP contribution in [0.5, 0.6) is 5.75 Å². The lowest BCUT2D eigenvalue weighted by atomic mass is 10.1. The molecule has 1 aliphatic heterocycles. The Morgan fingerprint density at radius 3 is 2.48 bits per heavy atom. The summed E-state index contributed by atoms with van der Waals surface area (Å²) in [6.07, 6.45) is 2.10. The second-order valence-electron chi connectivity index (χ2n) is 7.34. The summed E-state index contributed by atoms with van der Waals surface area (Å²) in [4.78, 5) is 18.2. The van der Waals surface area contributed by atoms with Crippen molar-refractivity contribution in [2.24, 2.45) is 0 Å². The zero-order chi connectivity index (χ0) is 19.4. The first-order valence-electron chi connectivity index (χ1n) is 9.45. The Bertz CT molecular complexity index is 846. The van der Waals surface area contributed by atoms with Gasteiger partial charge in [0.05, 0.1) is 0 Å². The average Bonchev–Trinajstić information content (AvgIpc) is 2.82. The van der Waals surface area contributed by atoms with Crippen LogP contribution in [0.1, 0.15) is 30.9 Å². The molecule has 1 fully saturated rings. The van der Waals surface area contributed by atoms with Crippen molar-refractivity contribution in [3.63, 3.8) is 0 Å². The molecule has 0 unspecified atom stereocenters. The van der Waals surface area contributed by atoms with Gasteiger partial charge in [-0.1, -0.05) is 32.0 Å². The molecule has 3 rings (SSSR count). The second-order valence-corrected chi connectivity index (χ2v) is 8.21. The lowest BCUT2D eigenvalue weighted by Gasteiger charge is -2.36. The fourth-order valence-electron chi connectivity index (χ4n) is 3.40. The van der Waals surface area contributed by atoms with Gasteiger partial charge in [-0.15, -0.1) is 11.8 Å². The van der Waals surface area contributed by atoms with Gasteiger partial charge < -0.3 is 10.0 Å². The van der Waals surface area contributed by atoms with Gasteiger partial charge in [-0.2, -0.15) is 0 Å². The molecule has 1 aliphatic rings. The van der Waals surface area contributed by atoms with E-state index >= 15 is 0 Å². The van der Waals surface area contributed by atoms with E-state index in [2.05, 4.69) is 54.2 Å². The molecule has 5 heteroatoms. The fraction of sp³-hybridized carbons (Fsp3) is 0.409. The smallest absolute Gasteiger partial charge is 0.220 e. The Morgan fingerprint density at radius 1 is 1.07 bits per heavy atom. The Labute approximate surface area is 165 Å². The van der Waals surface area contributed by atoms with Crippen LogP contribution in [0.25, 0.3) is 0 Å². The number of benzene rings is 1. The standard InChI is InChI=1S/C22H28N2O2S/c1-16(2)17-7-8-18(22(26)21(25)13-17)15-23-9-11-24(12-10-23)19-5-4-6-20(14-19)27-3/h4-8,13-14,16H,9-12,15H2,1-3H3,(H,25,26). The largest absolute Gasteiger partial charge is 0.504 e. The summed E-state index contributed by atoms with van der Waals surface area (Å²) in [7, 11) is 0. The molecule has 0 aliphatic carbocycles. The Hall–Kier alpha value is -1.98. The van der Waals surface area contributed by atoms with E-state index in [9.17, 15) is 9.90 Å². The molecule has 144 valence electrons. The molecule has 0 spiro atoms. The SMILES string of the molecule is CSc1cccc(N2CCN(Cc3ccc(C(C)C)cc(=O)c3O)CC2)c1. The molecular formula is C22H28N2O2S. The third-order valence-corrected chi connectivity index (χ3v) is 5.89. The van der Waals surface area contributed by atoms with Crippen molar-refractivity contribution in [3.05, 3.63) is 63.8 Å². The van der Waals surface area contributed by atoms with Crippen LogP contribution in [0.3, 0.4) is 0 Å². The van der Waals surface area contributed by atoms with Gasteiger partial charge in [-0.3, -0.25) is 9.69 Å². The first-order valence-corrected chi connectivity index (χ1v) is 10.7. The van der Waals surface area contributed by atoms with Crippen molar-refractivity contribution >= 4 is 17.4 Å². The lowest BCUT2D eigenvalue weighted by Crippen LogP contribution is -2.46. The number of nitrogens with zero attached hydrogens (tertiary/aromatic N) is 2. The highest BCUT2D eigenvalue weighted by atomic mass is 32.2. The highest BCUT2D eigenvalue weighted by Gasteiger charge is 2.19. The van der Waals surface area contributed by atoms with Crippen LogP contribution < -0.4 is 10.3 Å². The van der Waals surface area contributed by atoms with Crippen LogP contribution in [0.15, 0.2) is 52.2 Å². The second kappa shape index (κ2) is 8.81. The van der Waals surface area contributed by atoms with Crippen molar-refractivity contribution in [2.45, 2.75) is 31.2 Å². The van der Waals surface area contributed by atoms with Crippen LogP contribution in [-0.4, -0.2) is 42.4 Å². The molecule has 0 bridgehead atoms. The van der Waals surface area contributed by atoms with Crippen molar-refractivity contribution in [3.8, 4) is 5.75 Å². The quantitative estimate of drug-likeness (QED) is 0.792. The average molecular weight is 385 g/mol. The van der Waals surface area contributed by atoms with E-state index in [1.807, 2.05) is 12.1 Å². The van der Waals surface area contributed by atoms with E-state index in [4.69, 9.17) is 0 Å². The molecule has 0 radical (unpaired) electrons. The Kier molecular flexibility index (Phi) is 6.45. The molecule has 0 atom stereocenters. The summed E-state index contributed by atoms with van der Waals surface area (Å²) in [6.45, 7) is 8.41. The molecule has 0 saturated carbocycles. The van der Waals surface area contributed by atoms with E-state index in [-0.39, 0.29) is 17.1 Å². The van der Waals surface area contributed by atoms with Crippen LogP contribution in [0, 0.1) is 0 Å². The van der Waals surface area contributed by atoms with E-state index in [0.29, 0.717) is 12.1 Å². The monoisotopic (exact) mass is 384 g/mol. The highest BCUT2D eigenvalue weighted by molar-refractivity contribution is 7.98. The summed E-state index contributed by atoms with van der Waals surface area (Å²) in [5, 5.41) is 10.3. The van der Waals surface area contributed by atoms with Gasteiger partial charge in [-0.25, -0.2) is 0 Å². The van der Waals surface area contributed by atoms with Gasteiger partial charge in [0.2, 0.25) is 5.43 Å². The maximum Gasteiger partial charge on any atom is 0.220 e. The van der Waals surface area contributed by atoms with Crippen LogP contribution >= 0.6 is 11.8 Å². The van der Waals surface area contributed by atoms with Gasteiger partial charge in [-0.05, 0) is 42.0 Å². The number of thioether (sulfide) groups is 1. The molecule has 0 amide bonds. The first-order chi connectivity index (χ1) is 13.0. The van der Waals surface area contributed by atoms with Gasteiger partial charge in [0.25, 0.3) is 0 Å². The van der Waals surface area contributed by atoms with E-state index in [1.165, 1.54) is 10.6 Å².